The largest absolute Gasteiger partial charge is 0.452 e. The minimum Gasteiger partial charge on any atom is -0.452 e. The number of aromatic nitrogens is 3. The predicted molar refractivity (Wildman–Crippen MR) is 109 cm³/mol. The van der Waals surface area contributed by atoms with Crippen LogP contribution in [-0.4, -0.2) is 21.1 Å². The van der Waals surface area contributed by atoms with Crippen LogP contribution in [0, 0.1) is 0 Å². The standard InChI is InChI=1S/C21H17ClN4O/c22-14-6-7-15-17(12-14)25-20-16-4-1-2-5-18(16)27-21(20)19(15)24-8-3-10-26-11-9-23-13-26/h1-2,4-7,9,11-13H,3,8,10H2,(H,24,25). The quantitative estimate of drug-likeness (QED) is 0.412. The van der Waals surface area contributed by atoms with E-state index in [1.165, 1.54) is 0 Å². The second-order valence-corrected chi connectivity index (χ2v) is 6.94. The Morgan fingerprint density at radius 1 is 1.11 bits per heavy atom. The molecule has 0 aliphatic rings. The second kappa shape index (κ2) is 6.59. The lowest BCUT2D eigenvalue weighted by atomic mass is 10.1. The van der Waals surface area contributed by atoms with Gasteiger partial charge in [0.1, 0.15) is 11.1 Å². The highest BCUT2D eigenvalue weighted by molar-refractivity contribution is 6.31. The summed E-state index contributed by atoms with van der Waals surface area (Å²) in [6.45, 7) is 1.72. The van der Waals surface area contributed by atoms with Gasteiger partial charge in [0, 0.05) is 41.3 Å². The predicted octanol–water partition coefficient (Wildman–Crippen LogP) is 5.49. The molecule has 0 amide bonds. The van der Waals surface area contributed by atoms with Crippen molar-refractivity contribution in [1.82, 2.24) is 14.5 Å². The number of hydrogen-bond donors (Lipinski definition) is 1. The van der Waals surface area contributed by atoms with E-state index in [1.807, 2.05) is 55.0 Å². The van der Waals surface area contributed by atoms with Gasteiger partial charge in [0.2, 0.25) is 0 Å². The number of hydrogen-bond acceptors (Lipinski definition) is 4. The summed E-state index contributed by atoms with van der Waals surface area (Å²) < 4.78 is 8.22. The van der Waals surface area contributed by atoms with E-state index in [4.69, 9.17) is 21.0 Å². The Labute approximate surface area is 160 Å². The molecule has 0 aliphatic carbocycles. The SMILES string of the molecule is Clc1ccc2c(NCCCn3ccnc3)c3oc4ccccc4c3nc2c1. The average molecular weight is 377 g/mol. The lowest BCUT2D eigenvalue weighted by molar-refractivity contribution is 0.656. The van der Waals surface area contributed by atoms with Gasteiger partial charge in [-0.1, -0.05) is 23.7 Å². The van der Waals surface area contributed by atoms with Crippen LogP contribution in [0.2, 0.25) is 5.02 Å². The minimum atomic E-state index is 0.674. The number of fused-ring (bicyclic) bond motifs is 4. The number of aryl methyl sites for hydroxylation is 1. The van der Waals surface area contributed by atoms with Gasteiger partial charge in [0.25, 0.3) is 0 Å². The molecule has 0 bridgehead atoms. The van der Waals surface area contributed by atoms with Crippen LogP contribution in [0.1, 0.15) is 6.42 Å². The Morgan fingerprint density at radius 3 is 2.93 bits per heavy atom. The van der Waals surface area contributed by atoms with E-state index >= 15 is 0 Å². The highest BCUT2D eigenvalue weighted by atomic mass is 35.5. The van der Waals surface area contributed by atoms with E-state index < -0.39 is 0 Å². The Hall–Kier alpha value is -3.05. The Bertz CT molecular complexity index is 1240. The fourth-order valence-corrected chi connectivity index (χ4v) is 3.60. The van der Waals surface area contributed by atoms with Crippen molar-refractivity contribution in [3.05, 3.63) is 66.2 Å². The Kier molecular flexibility index (Phi) is 3.94. The molecule has 0 atom stereocenters. The average Bonchev–Trinajstić information content (AvgIpc) is 3.32. The molecular weight excluding hydrogens is 360 g/mol. The molecule has 3 aromatic heterocycles. The van der Waals surface area contributed by atoms with E-state index in [9.17, 15) is 0 Å². The highest BCUT2D eigenvalue weighted by Crippen LogP contribution is 2.37. The molecule has 0 spiro atoms. The molecule has 0 unspecified atom stereocenters. The summed E-state index contributed by atoms with van der Waals surface area (Å²) in [4.78, 5) is 8.91. The fourth-order valence-electron chi connectivity index (χ4n) is 3.43. The third-order valence-electron chi connectivity index (χ3n) is 4.71. The first-order valence-electron chi connectivity index (χ1n) is 8.90. The van der Waals surface area contributed by atoms with Crippen LogP contribution in [0.15, 0.2) is 65.6 Å². The molecule has 0 fully saturated rings. The number of nitrogens with zero attached hydrogens (tertiary/aromatic N) is 3. The summed E-state index contributed by atoms with van der Waals surface area (Å²) in [5.41, 5.74) is 4.31. The van der Waals surface area contributed by atoms with E-state index in [0.29, 0.717) is 5.02 Å². The van der Waals surface area contributed by atoms with Gasteiger partial charge in [0.15, 0.2) is 5.58 Å². The van der Waals surface area contributed by atoms with Crippen molar-refractivity contribution in [3.63, 3.8) is 0 Å². The molecule has 0 saturated heterocycles. The molecule has 5 rings (SSSR count). The molecule has 5 nitrogen and oxygen atoms in total. The van der Waals surface area contributed by atoms with Gasteiger partial charge in [-0.25, -0.2) is 9.97 Å². The molecule has 1 N–H and O–H groups in total. The van der Waals surface area contributed by atoms with Gasteiger partial charge in [-0.2, -0.15) is 0 Å². The summed E-state index contributed by atoms with van der Waals surface area (Å²) in [6.07, 6.45) is 6.57. The van der Waals surface area contributed by atoms with Crippen LogP contribution in [0.25, 0.3) is 33.0 Å². The van der Waals surface area contributed by atoms with Gasteiger partial charge in [-0.3, -0.25) is 0 Å². The Morgan fingerprint density at radius 2 is 2.04 bits per heavy atom. The van der Waals surface area contributed by atoms with Gasteiger partial charge in [0.05, 0.1) is 17.5 Å². The molecular formula is C21H17ClN4O. The third kappa shape index (κ3) is 2.90. The van der Waals surface area contributed by atoms with Crippen molar-refractivity contribution in [3.8, 4) is 0 Å². The van der Waals surface area contributed by atoms with Crippen LogP contribution in [0.3, 0.4) is 0 Å². The number of halogens is 1. The number of rotatable bonds is 5. The zero-order valence-electron chi connectivity index (χ0n) is 14.5. The summed E-state index contributed by atoms with van der Waals surface area (Å²) in [5, 5.41) is 6.26. The maximum Gasteiger partial charge on any atom is 0.177 e. The third-order valence-corrected chi connectivity index (χ3v) is 4.95. The number of anilines is 1. The summed E-state index contributed by atoms with van der Waals surface area (Å²) in [5.74, 6) is 0. The fraction of sp³-hybridized carbons (Fsp3) is 0.143. The maximum absolute atomic E-state index is 6.21. The van der Waals surface area contributed by atoms with Gasteiger partial charge < -0.3 is 14.3 Å². The molecule has 3 heterocycles. The van der Waals surface area contributed by atoms with Crippen LogP contribution >= 0.6 is 11.6 Å². The highest BCUT2D eigenvalue weighted by Gasteiger charge is 2.16. The van der Waals surface area contributed by atoms with Gasteiger partial charge in [-0.15, -0.1) is 0 Å². The lowest BCUT2D eigenvalue weighted by Crippen LogP contribution is -2.06. The summed E-state index contributed by atoms with van der Waals surface area (Å²) >= 11 is 6.21. The number of benzene rings is 2. The molecule has 0 aliphatic heterocycles. The molecule has 0 saturated carbocycles. The first-order chi connectivity index (χ1) is 13.3. The maximum atomic E-state index is 6.21. The summed E-state index contributed by atoms with van der Waals surface area (Å²) in [6, 6.07) is 13.8. The van der Waals surface area contributed by atoms with Crippen LogP contribution in [0.4, 0.5) is 5.69 Å². The van der Waals surface area contributed by atoms with Crippen LogP contribution in [0.5, 0.6) is 0 Å². The first-order valence-corrected chi connectivity index (χ1v) is 9.27. The van der Waals surface area contributed by atoms with Crippen LogP contribution < -0.4 is 5.32 Å². The molecule has 6 heteroatoms. The molecule has 134 valence electrons. The van der Waals surface area contributed by atoms with Gasteiger partial charge >= 0.3 is 0 Å². The molecule has 2 aromatic carbocycles. The second-order valence-electron chi connectivity index (χ2n) is 6.51. The van der Waals surface area contributed by atoms with Crippen molar-refractivity contribution in [1.29, 1.82) is 0 Å². The zero-order chi connectivity index (χ0) is 18.2. The van der Waals surface area contributed by atoms with E-state index in [1.54, 1.807) is 6.20 Å². The Balaban J connectivity index is 1.58. The summed E-state index contributed by atoms with van der Waals surface area (Å²) in [7, 11) is 0. The molecule has 0 radical (unpaired) electrons. The monoisotopic (exact) mass is 376 g/mol. The number of para-hydroxylation sites is 1. The normalized spacial score (nSPS) is 11.6. The number of pyridine rings is 1. The lowest BCUT2D eigenvalue weighted by Gasteiger charge is -2.11. The van der Waals surface area contributed by atoms with Crippen molar-refractivity contribution in [2.24, 2.45) is 0 Å². The van der Waals surface area contributed by atoms with Crippen molar-refractivity contribution in [2.75, 3.05) is 11.9 Å². The van der Waals surface area contributed by atoms with Crippen LogP contribution in [-0.2, 0) is 6.54 Å². The minimum absolute atomic E-state index is 0.674. The molecule has 5 aromatic rings. The zero-order valence-corrected chi connectivity index (χ0v) is 15.3. The van der Waals surface area contributed by atoms with E-state index in [0.717, 1.165) is 58.2 Å². The topological polar surface area (TPSA) is 55.9 Å². The van der Waals surface area contributed by atoms with E-state index in [-0.39, 0.29) is 0 Å². The number of furan rings is 1. The van der Waals surface area contributed by atoms with Gasteiger partial charge in [-0.05, 0) is 36.8 Å². The smallest absolute Gasteiger partial charge is 0.177 e. The van der Waals surface area contributed by atoms with Crippen molar-refractivity contribution in [2.45, 2.75) is 13.0 Å². The first kappa shape index (κ1) is 16.1. The van der Waals surface area contributed by atoms with Crippen molar-refractivity contribution >= 4 is 50.3 Å². The van der Waals surface area contributed by atoms with Crippen molar-refractivity contribution < 1.29 is 4.42 Å². The number of nitrogens with one attached hydrogen (secondary N) is 1. The van der Waals surface area contributed by atoms with E-state index in [2.05, 4.69) is 14.9 Å². The molecule has 27 heavy (non-hydrogen) atoms. The number of imidazole rings is 1.